The van der Waals surface area contributed by atoms with E-state index >= 15 is 0 Å². The molecule has 0 N–H and O–H groups in total. The van der Waals surface area contributed by atoms with Gasteiger partial charge in [0.1, 0.15) is 0 Å². The number of para-hydroxylation sites is 4. The summed E-state index contributed by atoms with van der Waals surface area (Å²) < 4.78 is 9.79. The third-order valence-corrected chi connectivity index (χ3v) is 23.2. The first kappa shape index (κ1) is 70.2. The van der Waals surface area contributed by atoms with E-state index in [1.807, 2.05) is 0 Å². The highest BCUT2D eigenvalue weighted by molar-refractivity contribution is 6.22. The van der Waals surface area contributed by atoms with Crippen molar-refractivity contribution in [1.82, 2.24) is 18.3 Å². The minimum atomic E-state index is 1.17. The molecule has 0 saturated carbocycles. The molecule has 0 aliphatic heterocycles. The lowest BCUT2D eigenvalue weighted by Crippen LogP contribution is -1.99. The molecule has 4 heterocycles. The van der Waals surface area contributed by atoms with Gasteiger partial charge in [0.25, 0.3) is 0 Å². The van der Waals surface area contributed by atoms with E-state index in [4.69, 9.17) is 6.42 Å². The molecule has 0 saturated heterocycles. The van der Waals surface area contributed by atoms with Gasteiger partial charge in [-0.05, 0) is 251 Å². The topological polar surface area (TPSA) is 19.7 Å². The molecule has 0 aliphatic carbocycles. The first-order valence-electron chi connectivity index (χ1n) is 39.9. The molecule has 0 atom stereocenters. The van der Waals surface area contributed by atoms with Crippen LogP contribution in [0.4, 0.5) is 0 Å². The van der Waals surface area contributed by atoms with Gasteiger partial charge in [0.05, 0.1) is 55.5 Å². The van der Waals surface area contributed by atoms with Crippen LogP contribution in [0.5, 0.6) is 0 Å². The predicted molar refractivity (Wildman–Crippen MR) is 505 cm³/mol. The van der Waals surface area contributed by atoms with Crippen molar-refractivity contribution >= 4 is 152 Å². The minimum absolute atomic E-state index is 1.17. The molecule has 4 heteroatoms. The number of rotatable bonds is 7. The zero-order valence-electron chi connectivity index (χ0n) is 64.8. The summed E-state index contributed by atoms with van der Waals surface area (Å²) in [4.78, 5) is 0. The molecule has 0 unspecified atom stereocenters. The van der Waals surface area contributed by atoms with E-state index in [0.717, 1.165) is 0 Å². The van der Waals surface area contributed by atoms with E-state index in [-0.39, 0.29) is 0 Å². The van der Waals surface area contributed by atoms with E-state index < -0.39 is 0 Å². The highest BCUT2D eigenvalue weighted by Crippen LogP contribution is 2.47. The van der Waals surface area contributed by atoms with Gasteiger partial charge in [0.15, 0.2) is 0 Å². The fourth-order valence-electron chi connectivity index (χ4n) is 18.1. The maximum Gasteiger partial charge on any atom is 0.0619 e. The van der Waals surface area contributed by atoms with Crippen molar-refractivity contribution in [2.45, 2.75) is 6.92 Å². The highest BCUT2D eigenvalue weighted by Gasteiger charge is 2.24. The molecule has 0 radical (unpaired) electrons. The molecule has 4 nitrogen and oxygen atoms in total. The van der Waals surface area contributed by atoms with Crippen LogP contribution in [0.3, 0.4) is 0 Å². The quantitative estimate of drug-likeness (QED) is 0.0861. The van der Waals surface area contributed by atoms with E-state index in [2.05, 4.69) is 472 Å². The van der Waals surface area contributed by atoms with Crippen LogP contribution in [0.2, 0.25) is 0 Å². The maximum atomic E-state index is 4.86. The van der Waals surface area contributed by atoms with Crippen LogP contribution in [0.25, 0.3) is 208 Å². The summed E-state index contributed by atoms with van der Waals surface area (Å²) in [5.41, 5.74) is 21.8. The number of hydrogen-bond acceptors (Lipinski definition) is 0. The third-order valence-electron chi connectivity index (χ3n) is 23.2. The standard InChI is InChI=1S/C54H34N2.C48H30N2.C13H4/c1-2-15-36(16-3-1)53-43-20-6-8-22-45(43)54(46-23-9-7-21-44(46)53)56-50-25-13-11-19-42(50)48-34-39(28-31-52(48)56)38-27-30-51-47(33-38)41-18-10-12-24-49(41)55(51)40-29-26-35-14-4-5-17-37(35)32-40;1-2-12-32-27-36(24-21-31(32)11-1)49-44-19-9-7-17-40(44)42-28-33(22-25-46(42)49)34-23-26-47-43(29-34)41-18-8-10-20-45(41)50(47)48-30-35-13-3-4-14-37(35)38-15-5-6-16-39(38)48;1-3-5-7-9-11-13-12-10-8-6-4-2/h1-34H;1-30H;1H,2H3. The summed E-state index contributed by atoms with van der Waals surface area (Å²) >= 11 is 0. The predicted octanol–water partition coefficient (Wildman–Crippen LogP) is 28.3. The molecule has 23 rings (SSSR count). The fraction of sp³-hybridized carbons (Fsp3) is 0.00870. The number of hydrogen-bond donors (Lipinski definition) is 0. The molecular weight excluding hydrogens is 1440 g/mol. The minimum Gasteiger partial charge on any atom is -0.309 e. The van der Waals surface area contributed by atoms with Crippen molar-refractivity contribution < 1.29 is 0 Å². The second-order valence-corrected chi connectivity index (χ2v) is 29.8. The summed E-state index contributed by atoms with van der Waals surface area (Å²) in [6.45, 7) is 1.71. The van der Waals surface area contributed by atoms with Gasteiger partial charge in [0, 0.05) is 70.6 Å². The molecule has 0 spiro atoms. The molecular formula is C115H68N4. The van der Waals surface area contributed by atoms with E-state index in [9.17, 15) is 0 Å². The van der Waals surface area contributed by atoms with E-state index in [0.29, 0.717) is 0 Å². The van der Waals surface area contributed by atoms with Gasteiger partial charge in [-0.25, -0.2) is 0 Å². The Bertz CT molecular complexity index is 8500. The number of benzene rings is 19. The van der Waals surface area contributed by atoms with Gasteiger partial charge in [-0.2, -0.15) is 0 Å². The van der Waals surface area contributed by atoms with Crippen molar-refractivity contribution in [2.75, 3.05) is 0 Å². The largest absolute Gasteiger partial charge is 0.309 e. The van der Waals surface area contributed by atoms with Crippen LogP contribution in [-0.2, 0) is 0 Å². The van der Waals surface area contributed by atoms with Crippen LogP contribution >= 0.6 is 0 Å². The van der Waals surface area contributed by atoms with Gasteiger partial charge < -0.3 is 18.3 Å². The van der Waals surface area contributed by atoms with Crippen LogP contribution in [0.15, 0.2) is 388 Å². The van der Waals surface area contributed by atoms with Gasteiger partial charge in [0.2, 0.25) is 0 Å². The Morgan fingerprint density at radius 1 is 0.193 bits per heavy atom. The van der Waals surface area contributed by atoms with Gasteiger partial charge in [-0.3, -0.25) is 0 Å². The summed E-state index contributed by atoms with van der Waals surface area (Å²) in [5, 5.41) is 25.1. The molecule has 0 amide bonds. The monoisotopic (exact) mass is 1500 g/mol. The second-order valence-electron chi connectivity index (χ2n) is 29.8. The van der Waals surface area contributed by atoms with Crippen LogP contribution in [0, 0.1) is 71.5 Å². The van der Waals surface area contributed by atoms with Gasteiger partial charge >= 0.3 is 0 Å². The maximum absolute atomic E-state index is 4.86. The SMILES string of the molecule is C#CC#CC#CC#CC#CC#CC.c1ccc(-c2c3ccccc3c(-n3c4ccccc4c4cc(-c5ccc6c(c5)c5ccccc5n6-c5ccc6ccccc6c5)ccc43)c3ccccc23)cc1.c1ccc2cc(-n3c4ccccc4c4cc(-c5ccc6c(c5)c5ccccc5n6-c5cc6ccccc6c6ccccc56)ccc43)ccc2c1. The average Bonchev–Trinajstić information content (AvgIpc) is 1.66. The molecule has 0 fully saturated rings. The Morgan fingerprint density at radius 3 is 0.958 bits per heavy atom. The van der Waals surface area contributed by atoms with Gasteiger partial charge in [-0.1, -0.05) is 291 Å². The Labute approximate surface area is 688 Å². The lowest BCUT2D eigenvalue weighted by Gasteiger charge is -2.19. The average molecular weight is 1510 g/mol. The Balaban J connectivity index is 0.000000129. The molecule has 19 aromatic carbocycles. The molecule has 548 valence electrons. The Morgan fingerprint density at radius 2 is 0.513 bits per heavy atom. The van der Waals surface area contributed by atoms with Crippen molar-refractivity contribution in [3.8, 4) is 128 Å². The zero-order chi connectivity index (χ0) is 79.3. The normalized spacial score (nSPS) is 11.1. The van der Waals surface area contributed by atoms with Crippen LogP contribution in [-0.4, -0.2) is 18.3 Å². The molecule has 0 aliphatic rings. The number of fused-ring (bicyclic) bond motifs is 19. The van der Waals surface area contributed by atoms with Gasteiger partial charge in [-0.15, -0.1) is 6.42 Å². The molecule has 0 bridgehead atoms. The van der Waals surface area contributed by atoms with E-state index in [1.54, 1.807) is 6.92 Å². The molecule has 4 aromatic heterocycles. The number of aromatic nitrogens is 4. The Kier molecular flexibility index (Phi) is 17.7. The summed E-state index contributed by atoms with van der Waals surface area (Å²) in [5.74, 6) is 26.9. The lowest BCUT2D eigenvalue weighted by molar-refractivity contribution is 1.19. The third kappa shape index (κ3) is 12.3. The number of nitrogens with zero attached hydrogens (tertiary/aromatic N) is 4. The summed E-state index contributed by atoms with van der Waals surface area (Å²) in [7, 11) is 0. The van der Waals surface area contributed by atoms with Crippen molar-refractivity contribution in [1.29, 1.82) is 0 Å². The fourth-order valence-corrected chi connectivity index (χ4v) is 18.1. The molecule has 119 heavy (non-hydrogen) atoms. The van der Waals surface area contributed by atoms with Crippen LogP contribution < -0.4 is 0 Å². The van der Waals surface area contributed by atoms with Crippen LogP contribution in [0.1, 0.15) is 6.92 Å². The lowest BCUT2D eigenvalue weighted by atomic mass is 9.90. The number of terminal acetylenes is 1. The van der Waals surface area contributed by atoms with Crippen molar-refractivity contribution in [2.24, 2.45) is 0 Å². The summed E-state index contributed by atoms with van der Waals surface area (Å²) in [6, 6.07) is 143. The summed E-state index contributed by atoms with van der Waals surface area (Å²) in [6.07, 6.45) is 4.86. The smallest absolute Gasteiger partial charge is 0.0619 e. The first-order valence-corrected chi connectivity index (χ1v) is 39.9. The first-order chi connectivity index (χ1) is 59.0. The van der Waals surface area contributed by atoms with Crippen molar-refractivity contribution in [3.63, 3.8) is 0 Å². The van der Waals surface area contributed by atoms with Crippen molar-refractivity contribution in [3.05, 3.63) is 388 Å². The second kappa shape index (κ2) is 30.0. The molecule has 23 aromatic rings. The highest BCUT2D eigenvalue weighted by atomic mass is 15.0. The zero-order valence-corrected chi connectivity index (χ0v) is 64.8. The van der Waals surface area contributed by atoms with E-state index in [1.165, 1.54) is 208 Å². The Hall–Kier alpha value is -16.7.